The highest BCUT2D eigenvalue weighted by Crippen LogP contribution is 2.40. The Labute approximate surface area is 138 Å². The molecular formula is C20H18FNO2. The van der Waals surface area contributed by atoms with Crippen LogP contribution >= 0.6 is 0 Å². The molecule has 1 aliphatic heterocycles. The Morgan fingerprint density at radius 1 is 1.12 bits per heavy atom. The summed E-state index contributed by atoms with van der Waals surface area (Å²) in [6, 6.07) is 6.39. The number of allylic oxidation sites excluding steroid dienone is 1. The van der Waals surface area contributed by atoms with Gasteiger partial charge in [-0.2, -0.15) is 0 Å². The van der Waals surface area contributed by atoms with E-state index in [4.69, 9.17) is 4.42 Å². The minimum Gasteiger partial charge on any atom is -0.422 e. The maximum Gasteiger partial charge on any atom is 0.344 e. The Morgan fingerprint density at radius 3 is 2.62 bits per heavy atom. The van der Waals surface area contributed by atoms with Crippen LogP contribution in [0.5, 0.6) is 0 Å². The van der Waals surface area contributed by atoms with E-state index in [0.29, 0.717) is 5.39 Å². The van der Waals surface area contributed by atoms with Crippen LogP contribution in [0.4, 0.5) is 10.1 Å². The van der Waals surface area contributed by atoms with Gasteiger partial charge >= 0.3 is 5.63 Å². The Morgan fingerprint density at radius 2 is 1.88 bits per heavy atom. The van der Waals surface area contributed by atoms with Crippen molar-refractivity contribution in [1.29, 1.82) is 0 Å². The Kier molecular flexibility index (Phi) is 2.92. The van der Waals surface area contributed by atoms with Crippen LogP contribution in [0.15, 0.2) is 39.6 Å². The summed E-state index contributed by atoms with van der Waals surface area (Å²) < 4.78 is 18.9. The molecule has 0 atom stereocenters. The average molecular weight is 323 g/mol. The van der Waals surface area contributed by atoms with E-state index < -0.39 is 11.4 Å². The van der Waals surface area contributed by atoms with Gasteiger partial charge < -0.3 is 9.73 Å². The van der Waals surface area contributed by atoms with Crippen molar-refractivity contribution < 1.29 is 8.81 Å². The molecule has 0 aliphatic carbocycles. The first-order chi connectivity index (χ1) is 11.3. The molecule has 0 bridgehead atoms. The molecule has 122 valence electrons. The van der Waals surface area contributed by atoms with Gasteiger partial charge in [0, 0.05) is 28.1 Å². The second-order valence-electron chi connectivity index (χ2n) is 7.07. The van der Waals surface area contributed by atoms with E-state index in [9.17, 15) is 9.18 Å². The second kappa shape index (κ2) is 4.69. The van der Waals surface area contributed by atoms with Crippen molar-refractivity contribution in [1.82, 2.24) is 0 Å². The molecular weight excluding hydrogens is 305 g/mol. The number of nitrogens with one attached hydrogen (secondary N) is 1. The van der Waals surface area contributed by atoms with Crippen molar-refractivity contribution in [2.45, 2.75) is 33.2 Å². The van der Waals surface area contributed by atoms with Gasteiger partial charge in [-0.1, -0.05) is 6.08 Å². The normalized spacial score (nSPS) is 16.0. The molecule has 0 fully saturated rings. The van der Waals surface area contributed by atoms with Gasteiger partial charge in [-0.25, -0.2) is 9.18 Å². The lowest BCUT2D eigenvalue weighted by atomic mass is 9.86. The standard InChI is InChI=1S/C20H18FNO2/c1-10-7-14-17(11(2)9-20(3,4)22-14)18-16(10)13-6-5-12(21)8-15(13)24-19(18)23/h5-9,22H,1-4H3. The highest BCUT2D eigenvalue weighted by Gasteiger charge is 2.26. The van der Waals surface area contributed by atoms with E-state index in [1.165, 1.54) is 12.1 Å². The number of anilines is 1. The van der Waals surface area contributed by atoms with Crippen molar-refractivity contribution in [3.8, 4) is 0 Å². The lowest BCUT2D eigenvalue weighted by Gasteiger charge is -2.32. The molecule has 3 aromatic rings. The highest BCUT2D eigenvalue weighted by molar-refractivity contribution is 6.12. The van der Waals surface area contributed by atoms with E-state index in [2.05, 4.69) is 31.3 Å². The molecule has 0 saturated heterocycles. The predicted octanol–water partition coefficient (Wildman–Crippen LogP) is 5.00. The molecule has 0 unspecified atom stereocenters. The van der Waals surface area contributed by atoms with Gasteiger partial charge in [0.2, 0.25) is 0 Å². The quantitative estimate of drug-likeness (QED) is 0.467. The Bertz CT molecular complexity index is 1110. The summed E-state index contributed by atoms with van der Waals surface area (Å²) in [7, 11) is 0. The van der Waals surface area contributed by atoms with Gasteiger partial charge in [0.15, 0.2) is 0 Å². The van der Waals surface area contributed by atoms with Gasteiger partial charge in [0.05, 0.1) is 10.9 Å². The minimum atomic E-state index is -0.433. The Hall–Kier alpha value is -2.62. The summed E-state index contributed by atoms with van der Waals surface area (Å²) in [6.07, 6.45) is 2.11. The number of rotatable bonds is 0. The third-order valence-corrected chi connectivity index (χ3v) is 4.57. The maximum absolute atomic E-state index is 13.5. The third kappa shape index (κ3) is 2.06. The van der Waals surface area contributed by atoms with Gasteiger partial charge in [-0.3, -0.25) is 0 Å². The fourth-order valence-electron chi connectivity index (χ4n) is 3.81. The molecule has 24 heavy (non-hydrogen) atoms. The number of fused-ring (bicyclic) bond motifs is 5. The predicted molar refractivity (Wildman–Crippen MR) is 96.0 cm³/mol. The van der Waals surface area contributed by atoms with Gasteiger partial charge in [0.25, 0.3) is 0 Å². The smallest absolute Gasteiger partial charge is 0.344 e. The summed E-state index contributed by atoms with van der Waals surface area (Å²) in [5, 5.41) is 5.61. The number of aryl methyl sites for hydroxylation is 1. The maximum atomic E-state index is 13.5. The molecule has 0 amide bonds. The number of benzene rings is 2. The number of hydrogen-bond acceptors (Lipinski definition) is 3. The number of hydrogen-bond donors (Lipinski definition) is 1. The van der Waals surface area contributed by atoms with E-state index in [1.54, 1.807) is 6.07 Å². The van der Waals surface area contributed by atoms with Crippen molar-refractivity contribution in [3.05, 3.63) is 57.7 Å². The van der Waals surface area contributed by atoms with E-state index in [-0.39, 0.29) is 11.1 Å². The van der Waals surface area contributed by atoms with E-state index in [1.807, 2.05) is 13.8 Å². The third-order valence-electron chi connectivity index (χ3n) is 4.57. The SMILES string of the molecule is CC1=CC(C)(C)Nc2cc(C)c3c(c21)c(=O)oc1cc(F)ccc13. The number of halogens is 1. The van der Waals surface area contributed by atoms with Crippen LogP contribution in [-0.4, -0.2) is 5.54 Å². The fourth-order valence-corrected chi connectivity index (χ4v) is 3.81. The first kappa shape index (κ1) is 14.9. The summed E-state index contributed by atoms with van der Waals surface area (Å²) in [5.41, 5.74) is 3.46. The summed E-state index contributed by atoms with van der Waals surface area (Å²) in [6.45, 7) is 8.15. The van der Waals surface area contributed by atoms with Crippen LogP contribution in [0.2, 0.25) is 0 Å². The molecule has 0 spiro atoms. The molecule has 2 heterocycles. The van der Waals surface area contributed by atoms with Crippen molar-refractivity contribution in [3.63, 3.8) is 0 Å². The fraction of sp³-hybridized carbons (Fsp3) is 0.250. The van der Waals surface area contributed by atoms with Crippen LogP contribution in [-0.2, 0) is 0 Å². The van der Waals surface area contributed by atoms with Crippen molar-refractivity contribution in [2.24, 2.45) is 0 Å². The zero-order chi connectivity index (χ0) is 17.2. The van der Waals surface area contributed by atoms with Gasteiger partial charge in [0.1, 0.15) is 11.4 Å². The molecule has 2 aromatic carbocycles. The van der Waals surface area contributed by atoms with Gasteiger partial charge in [-0.05, 0) is 57.0 Å². The van der Waals surface area contributed by atoms with Crippen LogP contribution in [0.25, 0.3) is 27.3 Å². The molecule has 3 nitrogen and oxygen atoms in total. The van der Waals surface area contributed by atoms with E-state index in [0.717, 1.165) is 33.2 Å². The van der Waals surface area contributed by atoms with E-state index >= 15 is 0 Å². The summed E-state index contributed by atoms with van der Waals surface area (Å²) in [4.78, 5) is 12.7. The van der Waals surface area contributed by atoms with Gasteiger partial charge in [-0.15, -0.1) is 0 Å². The summed E-state index contributed by atoms with van der Waals surface area (Å²) >= 11 is 0. The van der Waals surface area contributed by atoms with Crippen molar-refractivity contribution in [2.75, 3.05) is 5.32 Å². The second-order valence-corrected chi connectivity index (χ2v) is 7.07. The van der Waals surface area contributed by atoms with Crippen molar-refractivity contribution >= 4 is 33.0 Å². The molecule has 1 aromatic heterocycles. The van der Waals surface area contributed by atoms with Crippen LogP contribution < -0.4 is 10.9 Å². The monoisotopic (exact) mass is 323 g/mol. The average Bonchev–Trinajstić information content (AvgIpc) is 2.45. The highest BCUT2D eigenvalue weighted by atomic mass is 19.1. The zero-order valence-electron chi connectivity index (χ0n) is 14.1. The largest absolute Gasteiger partial charge is 0.422 e. The summed E-state index contributed by atoms with van der Waals surface area (Å²) in [5.74, 6) is -0.417. The topological polar surface area (TPSA) is 42.2 Å². The lowest BCUT2D eigenvalue weighted by molar-refractivity contribution is 0.561. The van der Waals surface area contributed by atoms with Crippen LogP contribution in [0.1, 0.15) is 31.9 Å². The first-order valence-electron chi connectivity index (χ1n) is 7.94. The molecule has 0 radical (unpaired) electrons. The Balaban J connectivity index is 2.24. The first-order valence-corrected chi connectivity index (χ1v) is 7.94. The molecule has 4 heteroatoms. The molecule has 4 rings (SSSR count). The minimum absolute atomic E-state index is 0.183. The molecule has 1 N–H and O–H groups in total. The lowest BCUT2D eigenvalue weighted by Crippen LogP contribution is -2.32. The molecule has 0 saturated carbocycles. The van der Waals surface area contributed by atoms with Crippen LogP contribution in [0.3, 0.4) is 0 Å². The zero-order valence-corrected chi connectivity index (χ0v) is 14.1. The van der Waals surface area contributed by atoms with Crippen LogP contribution in [0, 0.1) is 12.7 Å². The molecule has 1 aliphatic rings.